The van der Waals surface area contributed by atoms with E-state index in [1.807, 2.05) is 38.4 Å². The first-order chi connectivity index (χ1) is 9.06. The van der Waals surface area contributed by atoms with E-state index in [1.165, 1.54) is 5.39 Å². The van der Waals surface area contributed by atoms with Gasteiger partial charge in [0.1, 0.15) is 5.15 Å². The van der Waals surface area contributed by atoms with Crippen LogP contribution in [0.3, 0.4) is 0 Å². The van der Waals surface area contributed by atoms with Crippen LogP contribution in [0.25, 0.3) is 10.9 Å². The average molecular weight is 275 g/mol. The van der Waals surface area contributed by atoms with E-state index in [9.17, 15) is 0 Å². The lowest BCUT2D eigenvalue weighted by Crippen LogP contribution is -1.99. The molecule has 0 fully saturated rings. The average Bonchev–Trinajstić information content (AvgIpc) is 2.86. The van der Waals surface area contributed by atoms with Crippen molar-refractivity contribution in [2.75, 3.05) is 5.73 Å². The number of hydrogen-bond donors (Lipinski definition) is 1. The number of hydrogen-bond acceptors (Lipinski definition) is 2. The maximum Gasteiger partial charge on any atom is 0.131 e. The number of nitrogens with two attached hydrogens (primary N) is 1. The number of rotatable bonds is 2. The topological polar surface area (TPSA) is 48.8 Å². The molecule has 0 saturated heterocycles. The first-order valence-electron chi connectivity index (χ1n) is 6.08. The van der Waals surface area contributed by atoms with Gasteiger partial charge in [-0.1, -0.05) is 17.7 Å². The van der Waals surface area contributed by atoms with E-state index in [0.717, 1.165) is 22.5 Å². The molecule has 0 unspecified atom stereocenters. The molecule has 0 aliphatic rings. The summed E-state index contributed by atoms with van der Waals surface area (Å²) in [5.74, 6) is 0. The lowest BCUT2D eigenvalue weighted by molar-refractivity contribution is 0.757. The first-order valence-corrected chi connectivity index (χ1v) is 6.46. The summed E-state index contributed by atoms with van der Waals surface area (Å²) >= 11 is 6.28. The lowest BCUT2D eigenvalue weighted by Gasteiger charge is -2.06. The van der Waals surface area contributed by atoms with Crippen LogP contribution in [-0.4, -0.2) is 14.3 Å². The molecular formula is C14H15ClN4. The minimum absolute atomic E-state index is 0.684. The van der Waals surface area contributed by atoms with Gasteiger partial charge in [0.15, 0.2) is 0 Å². The van der Waals surface area contributed by atoms with Crippen molar-refractivity contribution in [1.82, 2.24) is 14.3 Å². The summed E-state index contributed by atoms with van der Waals surface area (Å²) in [6.07, 6.45) is 2.05. The second-order valence-electron chi connectivity index (χ2n) is 4.74. The second kappa shape index (κ2) is 4.31. The molecule has 98 valence electrons. The van der Waals surface area contributed by atoms with Gasteiger partial charge in [0.25, 0.3) is 0 Å². The smallest absolute Gasteiger partial charge is 0.131 e. The Hall–Kier alpha value is -1.94. The minimum atomic E-state index is 0.684. The lowest BCUT2D eigenvalue weighted by atomic mass is 10.2. The van der Waals surface area contributed by atoms with Crippen molar-refractivity contribution in [3.8, 4) is 0 Å². The molecule has 0 aliphatic heterocycles. The van der Waals surface area contributed by atoms with Crippen LogP contribution in [-0.2, 0) is 13.6 Å². The third-order valence-electron chi connectivity index (χ3n) is 3.40. The number of benzene rings is 1. The van der Waals surface area contributed by atoms with Crippen LogP contribution >= 0.6 is 11.6 Å². The first kappa shape index (κ1) is 12.1. The van der Waals surface area contributed by atoms with E-state index in [1.54, 1.807) is 4.68 Å². The highest BCUT2D eigenvalue weighted by molar-refractivity contribution is 6.30. The Bertz CT molecular complexity index is 754. The van der Waals surface area contributed by atoms with Crippen molar-refractivity contribution in [2.24, 2.45) is 7.05 Å². The molecule has 0 spiro atoms. The van der Waals surface area contributed by atoms with E-state index >= 15 is 0 Å². The molecule has 2 aromatic heterocycles. The van der Waals surface area contributed by atoms with Crippen LogP contribution < -0.4 is 5.73 Å². The van der Waals surface area contributed by atoms with Gasteiger partial charge in [-0.05, 0) is 30.5 Å². The Labute approximate surface area is 116 Å². The summed E-state index contributed by atoms with van der Waals surface area (Å²) in [4.78, 5) is 0. The minimum Gasteiger partial charge on any atom is -0.399 e. The summed E-state index contributed by atoms with van der Waals surface area (Å²) in [5, 5.41) is 6.19. The van der Waals surface area contributed by atoms with Gasteiger partial charge in [0, 0.05) is 24.5 Å². The number of halogens is 1. The third-order valence-corrected chi connectivity index (χ3v) is 3.87. The number of nitrogens with zero attached hydrogens (tertiary/aromatic N) is 3. The molecule has 4 nitrogen and oxygen atoms in total. The Kier molecular flexibility index (Phi) is 2.75. The van der Waals surface area contributed by atoms with Crippen molar-refractivity contribution in [2.45, 2.75) is 13.5 Å². The quantitative estimate of drug-likeness (QED) is 0.731. The van der Waals surface area contributed by atoms with Gasteiger partial charge in [-0.15, -0.1) is 0 Å². The van der Waals surface area contributed by atoms with Gasteiger partial charge in [0.05, 0.1) is 17.8 Å². The number of nitrogen functional groups attached to an aromatic ring is 1. The molecule has 2 heterocycles. The molecule has 19 heavy (non-hydrogen) atoms. The molecule has 0 radical (unpaired) electrons. The fraction of sp³-hybridized carbons (Fsp3) is 0.214. The van der Waals surface area contributed by atoms with Crippen molar-refractivity contribution >= 4 is 28.2 Å². The van der Waals surface area contributed by atoms with Crippen molar-refractivity contribution in [3.63, 3.8) is 0 Å². The maximum atomic E-state index is 6.28. The fourth-order valence-electron chi connectivity index (χ4n) is 2.36. The molecule has 0 aliphatic carbocycles. The van der Waals surface area contributed by atoms with Gasteiger partial charge in [-0.3, -0.25) is 4.68 Å². The molecule has 0 amide bonds. The van der Waals surface area contributed by atoms with E-state index in [2.05, 4.69) is 15.7 Å². The van der Waals surface area contributed by atoms with Crippen molar-refractivity contribution < 1.29 is 0 Å². The highest BCUT2D eigenvalue weighted by Gasteiger charge is 2.12. The summed E-state index contributed by atoms with van der Waals surface area (Å²) in [6, 6.07) is 8.00. The molecular weight excluding hydrogens is 260 g/mol. The second-order valence-corrected chi connectivity index (χ2v) is 5.10. The zero-order chi connectivity index (χ0) is 13.6. The molecule has 2 N–H and O–H groups in total. The van der Waals surface area contributed by atoms with E-state index in [0.29, 0.717) is 11.7 Å². The van der Waals surface area contributed by atoms with Gasteiger partial charge in [-0.25, -0.2) is 0 Å². The largest absolute Gasteiger partial charge is 0.399 e. The zero-order valence-electron chi connectivity index (χ0n) is 10.9. The van der Waals surface area contributed by atoms with Crippen molar-refractivity contribution in [1.29, 1.82) is 0 Å². The molecule has 0 saturated carbocycles. The van der Waals surface area contributed by atoms with Gasteiger partial charge < -0.3 is 10.3 Å². The normalized spacial score (nSPS) is 11.3. The summed E-state index contributed by atoms with van der Waals surface area (Å²) < 4.78 is 3.84. The van der Waals surface area contributed by atoms with E-state index in [4.69, 9.17) is 17.3 Å². The summed E-state index contributed by atoms with van der Waals surface area (Å²) in [5.41, 5.74) is 9.73. The number of aryl methyl sites for hydroxylation is 2. The van der Waals surface area contributed by atoms with Crippen LogP contribution in [0.2, 0.25) is 5.15 Å². The number of aromatic nitrogens is 3. The fourth-order valence-corrected chi connectivity index (χ4v) is 2.60. The highest BCUT2D eigenvalue weighted by atomic mass is 35.5. The standard InChI is InChI=1S/C14H15ClN4/c1-9-12(14(15)18(2)17-9)8-19-6-5-10-3-4-11(16)7-13(10)19/h3-7H,8,16H2,1-2H3. The Morgan fingerprint density at radius 1 is 1.32 bits per heavy atom. The monoisotopic (exact) mass is 274 g/mol. The van der Waals surface area contributed by atoms with Gasteiger partial charge in [-0.2, -0.15) is 5.10 Å². The van der Waals surface area contributed by atoms with Gasteiger partial charge >= 0.3 is 0 Å². The predicted octanol–water partition coefficient (Wildman–Crippen LogP) is 2.97. The van der Waals surface area contributed by atoms with E-state index in [-0.39, 0.29) is 0 Å². The van der Waals surface area contributed by atoms with Gasteiger partial charge in [0.2, 0.25) is 0 Å². The van der Waals surface area contributed by atoms with E-state index < -0.39 is 0 Å². The highest BCUT2D eigenvalue weighted by Crippen LogP contribution is 2.24. The summed E-state index contributed by atoms with van der Waals surface area (Å²) in [7, 11) is 1.85. The number of fused-ring (bicyclic) bond motifs is 1. The SMILES string of the molecule is Cc1nn(C)c(Cl)c1Cn1ccc2ccc(N)cc21. The van der Waals surface area contributed by atoms with Crippen LogP contribution in [0.5, 0.6) is 0 Å². The Morgan fingerprint density at radius 2 is 2.11 bits per heavy atom. The summed E-state index contributed by atoms with van der Waals surface area (Å²) in [6.45, 7) is 2.67. The molecule has 3 aromatic rings. The Morgan fingerprint density at radius 3 is 2.79 bits per heavy atom. The van der Waals surface area contributed by atoms with Crippen LogP contribution in [0.15, 0.2) is 30.5 Å². The molecule has 0 bridgehead atoms. The van der Waals surface area contributed by atoms with Crippen LogP contribution in [0.1, 0.15) is 11.3 Å². The number of anilines is 1. The molecule has 5 heteroatoms. The van der Waals surface area contributed by atoms with Crippen LogP contribution in [0.4, 0.5) is 5.69 Å². The van der Waals surface area contributed by atoms with Crippen molar-refractivity contribution in [3.05, 3.63) is 46.9 Å². The third kappa shape index (κ3) is 1.98. The zero-order valence-corrected chi connectivity index (χ0v) is 11.6. The predicted molar refractivity (Wildman–Crippen MR) is 78.4 cm³/mol. The molecule has 0 atom stereocenters. The van der Waals surface area contributed by atoms with Crippen LogP contribution in [0, 0.1) is 6.92 Å². The Balaban J connectivity index is 2.08. The molecule has 1 aromatic carbocycles. The molecule has 3 rings (SSSR count). The maximum absolute atomic E-state index is 6.28.